The first kappa shape index (κ1) is 23.7. The lowest BCUT2D eigenvalue weighted by molar-refractivity contribution is 0.102. The Balaban J connectivity index is 1.48. The monoisotopic (exact) mass is 488 g/mol. The van der Waals surface area contributed by atoms with Crippen LogP contribution in [0, 0.1) is 18.3 Å². The second kappa shape index (κ2) is 9.91. The molecule has 0 saturated heterocycles. The molecule has 0 aliphatic heterocycles. The Labute approximate surface area is 214 Å². The van der Waals surface area contributed by atoms with Crippen LogP contribution in [0.25, 0.3) is 22.3 Å². The van der Waals surface area contributed by atoms with E-state index in [0.717, 1.165) is 11.1 Å². The summed E-state index contributed by atoms with van der Waals surface area (Å²) in [7, 11) is 0. The van der Waals surface area contributed by atoms with Crippen LogP contribution in [0.2, 0.25) is 0 Å². The minimum Gasteiger partial charge on any atom is -0.438 e. The SMILES string of the molecule is Cc1cc(Oc2ncccc2C#N)ccc1NC(=O)c1cc(-c2ccccc2)nc2c1cnn2C(C)C. The highest BCUT2D eigenvalue weighted by atomic mass is 16.5. The third-order valence-corrected chi connectivity index (χ3v) is 5.92. The highest BCUT2D eigenvalue weighted by Crippen LogP contribution is 2.29. The lowest BCUT2D eigenvalue weighted by Crippen LogP contribution is -2.14. The molecule has 1 amide bonds. The molecule has 0 spiro atoms. The van der Waals surface area contributed by atoms with Gasteiger partial charge in [-0.1, -0.05) is 30.3 Å². The molecule has 0 fully saturated rings. The van der Waals surface area contributed by atoms with E-state index in [1.807, 2.05) is 55.8 Å². The third kappa shape index (κ3) is 4.75. The maximum atomic E-state index is 13.5. The molecule has 0 saturated carbocycles. The molecule has 0 atom stereocenters. The highest BCUT2D eigenvalue weighted by molar-refractivity contribution is 6.12. The van der Waals surface area contributed by atoms with Gasteiger partial charge in [0, 0.05) is 23.5 Å². The van der Waals surface area contributed by atoms with Gasteiger partial charge in [0.15, 0.2) is 5.65 Å². The Hall–Kier alpha value is -5.03. The molecule has 0 radical (unpaired) electrons. The number of rotatable bonds is 6. The number of benzene rings is 2. The van der Waals surface area contributed by atoms with Crippen LogP contribution in [-0.4, -0.2) is 25.7 Å². The van der Waals surface area contributed by atoms with Crippen molar-refractivity contribution in [3.63, 3.8) is 0 Å². The maximum Gasteiger partial charge on any atom is 0.256 e. The molecule has 5 rings (SSSR count). The summed E-state index contributed by atoms with van der Waals surface area (Å²) in [5, 5.41) is 17.5. The molecule has 182 valence electrons. The number of pyridine rings is 2. The van der Waals surface area contributed by atoms with Crippen LogP contribution < -0.4 is 10.1 Å². The Kier molecular flexibility index (Phi) is 6.35. The van der Waals surface area contributed by atoms with Gasteiger partial charge in [-0.05, 0) is 62.7 Å². The Bertz CT molecular complexity index is 1650. The van der Waals surface area contributed by atoms with E-state index >= 15 is 0 Å². The van der Waals surface area contributed by atoms with Crippen LogP contribution in [0.3, 0.4) is 0 Å². The molecule has 5 aromatic rings. The van der Waals surface area contributed by atoms with Gasteiger partial charge in [-0.2, -0.15) is 10.4 Å². The average Bonchev–Trinajstić information content (AvgIpc) is 3.35. The van der Waals surface area contributed by atoms with Crippen LogP contribution in [0.4, 0.5) is 5.69 Å². The molecule has 3 aromatic heterocycles. The maximum absolute atomic E-state index is 13.5. The van der Waals surface area contributed by atoms with Crippen molar-refractivity contribution in [3.8, 4) is 29.0 Å². The number of hydrogen-bond acceptors (Lipinski definition) is 6. The Morgan fingerprint density at radius 1 is 1.08 bits per heavy atom. The molecular formula is C29H24N6O2. The lowest BCUT2D eigenvalue weighted by Gasteiger charge is -2.13. The Morgan fingerprint density at radius 2 is 1.89 bits per heavy atom. The summed E-state index contributed by atoms with van der Waals surface area (Å²) >= 11 is 0. The fourth-order valence-corrected chi connectivity index (χ4v) is 4.04. The summed E-state index contributed by atoms with van der Waals surface area (Å²) in [5.74, 6) is 0.485. The Morgan fingerprint density at radius 3 is 2.62 bits per heavy atom. The summed E-state index contributed by atoms with van der Waals surface area (Å²) in [5.41, 5.74) is 4.54. The predicted octanol–water partition coefficient (Wildman–Crippen LogP) is 6.30. The molecule has 1 N–H and O–H groups in total. The minimum atomic E-state index is -0.263. The van der Waals surface area contributed by atoms with Gasteiger partial charge in [-0.15, -0.1) is 0 Å². The van der Waals surface area contributed by atoms with E-state index < -0.39 is 0 Å². The zero-order valence-corrected chi connectivity index (χ0v) is 20.6. The number of hydrogen-bond donors (Lipinski definition) is 1. The van der Waals surface area contributed by atoms with E-state index in [0.29, 0.717) is 39.3 Å². The van der Waals surface area contributed by atoms with Crippen molar-refractivity contribution >= 4 is 22.6 Å². The summed E-state index contributed by atoms with van der Waals surface area (Å²) in [6.07, 6.45) is 3.26. The number of nitriles is 1. The number of carbonyl (C=O) groups is 1. The van der Waals surface area contributed by atoms with Crippen molar-refractivity contribution < 1.29 is 9.53 Å². The highest BCUT2D eigenvalue weighted by Gasteiger charge is 2.19. The van der Waals surface area contributed by atoms with E-state index in [-0.39, 0.29) is 17.8 Å². The molecule has 8 nitrogen and oxygen atoms in total. The van der Waals surface area contributed by atoms with Crippen molar-refractivity contribution in [2.45, 2.75) is 26.8 Å². The molecule has 0 bridgehead atoms. The summed E-state index contributed by atoms with van der Waals surface area (Å²) in [4.78, 5) is 22.5. The molecule has 8 heteroatoms. The zero-order chi connectivity index (χ0) is 25.9. The molecular weight excluding hydrogens is 464 g/mol. The predicted molar refractivity (Wildman–Crippen MR) is 142 cm³/mol. The van der Waals surface area contributed by atoms with Crippen LogP contribution in [0.5, 0.6) is 11.6 Å². The first-order chi connectivity index (χ1) is 17.9. The summed E-state index contributed by atoms with van der Waals surface area (Å²) in [6, 6.07) is 22.3. The molecule has 0 aliphatic carbocycles. The molecule has 2 aromatic carbocycles. The van der Waals surface area contributed by atoms with Crippen LogP contribution in [0.15, 0.2) is 79.1 Å². The van der Waals surface area contributed by atoms with Crippen molar-refractivity contribution in [1.82, 2.24) is 19.7 Å². The number of carbonyl (C=O) groups excluding carboxylic acids is 1. The van der Waals surface area contributed by atoms with Crippen LogP contribution >= 0.6 is 0 Å². The average molecular weight is 489 g/mol. The van der Waals surface area contributed by atoms with E-state index in [1.54, 1.807) is 48.8 Å². The van der Waals surface area contributed by atoms with Crippen molar-refractivity contribution in [3.05, 3.63) is 95.8 Å². The number of anilines is 1. The van der Waals surface area contributed by atoms with Gasteiger partial charge < -0.3 is 10.1 Å². The standard InChI is InChI=1S/C29H24N6O2/c1-18(2)35-27-24(17-32-35)23(15-26(33-27)20-8-5-4-6-9-20)28(36)34-25-12-11-22(14-19(25)3)37-29-21(16-30)10-7-13-31-29/h4-15,17-18H,1-3H3,(H,34,36). The number of nitrogens with zero attached hydrogens (tertiary/aromatic N) is 5. The summed E-state index contributed by atoms with van der Waals surface area (Å²) < 4.78 is 7.63. The van der Waals surface area contributed by atoms with Gasteiger partial charge in [0.2, 0.25) is 5.88 Å². The van der Waals surface area contributed by atoms with E-state index in [4.69, 9.17) is 9.72 Å². The van der Waals surface area contributed by atoms with Crippen LogP contribution in [0.1, 0.15) is 41.4 Å². The van der Waals surface area contributed by atoms with Crippen molar-refractivity contribution in [2.24, 2.45) is 0 Å². The van der Waals surface area contributed by atoms with Crippen molar-refractivity contribution in [1.29, 1.82) is 5.26 Å². The number of aromatic nitrogens is 4. The van der Waals surface area contributed by atoms with E-state index in [9.17, 15) is 10.1 Å². The van der Waals surface area contributed by atoms with Gasteiger partial charge in [0.05, 0.1) is 22.8 Å². The number of amides is 1. The fraction of sp³-hybridized carbons (Fsp3) is 0.138. The first-order valence-electron chi connectivity index (χ1n) is 11.8. The topological polar surface area (TPSA) is 106 Å². The number of fused-ring (bicyclic) bond motifs is 1. The largest absolute Gasteiger partial charge is 0.438 e. The smallest absolute Gasteiger partial charge is 0.256 e. The first-order valence-corrected chi connectivity index (χ1v) is 11.8. The van der Waals surface area contributed by atoms with Gasteiger partial charge >= 0.3 is 0 Å². The van der Waals surface area contributed by atoms with Gasteiger partial charge in [0.25, 0.3) is 5.91 Å². The quantitative estimate of drug-likeness (QED) is 0.301. The van der Waals surface area contributed by atoms with Crippen LogP contribution in [-0.2, 0) is 0 Å². The minimum absolute atomic E-state index is 0.0855. The number of ether oxygens (including phenoxy) is 1. The molecule has 0 aliphatic rings. The summed E-state index contributed by atoms with van der Waals surface area (Å²) in [6.45, 7) is 5.93. The van der Waals surface area contributed by atoms with E-state index in [2.05, 4.69) is 21.5 Å². The molecule has 3 heterocycles. The second-order valence-corrected chi connectivity index (χ2v) is 8.84. The number of aryl methyl sites for hydroxylation is 1. The lowest BCUT2D eigenvalue weighted by atomic mass is 10.1. The second-order valence-electron chi connectivity index (χ2n) is 8.84. The third-order valence-electron chi connectivity index (χ3n) is 5.92. The van der Waals surface area contributed by atoms with Gasteiger partial charge in [-0.25, -0.2) is 14.6 Å². The molecule has 37 heavy (non-hydrogen) atoms. The fourth-order valence-electron chi connectivity index (χ4n) is 4.04. The van der Waals surface area contributed by atoms with E-state index in [1.165, 1.54) is 0 Å². The van der Waals surface area contributed by atoms with Gasteiger partial charge in [-0.3, -0.25) is 4.79 Å². The molecule has 0 unspecified atom stereocenters. The zero-order valence-electron chi connectivity index (χ0n) is 20.6. The van der Waals surface area contributed by atoms with Gasteiger partial charge in [0.1, 0.15) is 17.4 Å². The number of nitrogens with one attached hydrogen (secondary N) is 1. The van der Waals surface area contributed by atoms with Crippen molar-refractivity contribution in [2.75, 3.05) is 5.32 Å². The normalized spacial score (nSPS) is 10.9.